The number of fused-ring (bicyclic) bond motifs is 1. The van der Waals surface area contributed by atoms with Crippen molar-refractivity contribution in [3.63, 3.8) is 0 Å². The van der Waals surface area contributed by atoms with Crippen LogP contribution in [0, 0.1) is 11.8 Å². The zero-order chi connectivity index (χ0) is 18.3. The molecule has 1 saturated heterocycles. The molecule has 1 aromatic heterocycles. The molecule has 2 heterocycles. The van der Waals surface area contributed by atoms with E-state index in [0.29, 0.717) is 12.4 Å². The zero-order valence-electron chi connectivity index (χ0n) is 14.5. The lowest BCUT2D eigenvalue weighted by Crippen LogP contribution is -2.46. The largest absolute Gasteiger partial charge is 0.480 e. The third kappa shape index (κ3) is 2.75. The van der Waals surface area contributed by atoms with Crippen LogP contribution in [0.3, 0.4) is 0 Å². The van der Waals surface area contributed by atoms with Crippen molar-refractivity contribution >= 4 is 11.9 Å². The summed E-state index contributed by atoms with van der Waals surface area (Å²) >= 11 is 0. The molecule has 0 radical (unpaired) electrons. The van der Waals surface area contributed by atoms with Crippen LogP contribution in [0.25, 0.3) is 11.4 Å². The smallest absolute Gasteiger partial charge is 0.326 e. The van der Waals surface area contributed by atoms with Gasteiger partial charge in [0, 0.05) is 12.1 Å². The first-order valence-corrected chi connectivity index (χ1v) is 8.94. The summed E-state index contributed by atoms with van der Waals surface area (Å²) in [5.74, 6) is -0.387. The predicted octanol–water partition coefficient (Wildman–Crippen LogP) is 1.61. The van der Waals surface area contributed by atoms with Crippen molar-refractivity contribution in [3.8, 4) is 11.4 Å². The molecule has 2 aliphatic rings. The fourth-order valence-corrected chi connectivity index (χ4v) is 4.28. The molecule has 1 aromatic carbocycles. The summed E-state index contributed by atoms with van der Waals surface area (Å²) in [7, 11) is 0. The second kappa shape index (κ2) is 6.51. The van der Waals surface area contributed by atoms with E-state index in [1.54, 1.807) is 6.92 Å². The van der Waals surface area contributed by atoms with Gasteiger partial charge in [0.05, 0.1) is 0 Å². The SMILES string of the molecule is CC(C(=O)N1CC2CCCC2C1C(=O)O)n1nnc(-c2ccccc2)n1. The molecule has 2 fully saturated rings. The molecule has 4 rings (SSSR count). The monoisotopic (exact) mass is 355 g/mol. The number of aliphatic carboxylic acids is 1. The van der Waals surface area contributed by atoms with Gasteiger partial charge in [-0.15, -0.1) is 10.2 Å². The number of rotatable bonds is 4. The molecule has 26 heavy (non-hydrogen) atoms. The van der Waals surface area contributed by atoms with E-state index in [1.807, 2.05) is 30.3 Å². The Morgan fingerprint density at radius 3 is 2.73 bits per heavy atom. The molecule has 4 unspecified atom stereocenters. The van der Waals surface area contributed by atoms with Gasteiger partial charge >= 0.3 is 5.97 Å². The van der Waals surface area contributed by atoms with Crippen molar-refractivity contribution < 1.29 is 14.7 Å². The van der Waals surface area contributed by atoms with Crippen molar-refractivity contribution in [1.29, 1.82) is 0 Å². The number of likely N-dealkylation sites (tertiary alicyclic amines) is 1. The third-order valence-electron chi connectivity index (χ3n) is 5.59. The van der Waals surface area contributed by atoms with Gasteiger partial charge in [0.25, 0.3) is 0 Å². The molecule has 1 saturated carbocycles. The van der Waals surface area contributed by atoms with E-state index in [-0.39, 0.29) is 17.7 Å². The van der Waals surface area contributed by atoms with Crippen molar-refractivity contribution in [1.82, 2.24) is 25.1 Å². The Labute approximate surface area is 150 Å². The van der Waals surface area contributed by atoms with Gasteiger partial charge < -0.3 is 10.0 Å². The van der Waals surface area contributed by atoms with Crippen molar-refractivity contribution in [2.45, 2.75) is 38.3 Å². The van der Waals surface area contributed by atoms with Crippen LogP contribution >= 0.6 is 0 Å². The number of amides is 1. The summed E-state index contributed by atoms with van der Waals surface area (Å²) < 4.78 is 0. The average molecular weight is 355 g/mol. The standard InChI is InChI=1S/C18H21N5O3/c1-11(23-20-16(19-21-23)12-6-3-2-4-7-12)17(24)22-10-13-8-5-9-14(13)15(22)18(25)26/h2-4,6-7,11,13-15H,5,8-10H2,1H3,(H,25,26). The number of nitrogens with zero attached hydrogens (tertiary/aromatic N) is 5. The van der Waals surface area contributed by atoms with Gasteiger partial charge in [-0.1, -0.05) is 36.8 Å². The van der Waals surface area contributed by atoms with Gasteiger partial charge in [-0.25, -0.2) is 4.79 Å². The van der Waals surface area contributed by atoms with Crippen molar-refractivity contribution in [3.05, 3.63) is 30.3 Å². The minimum atomic E-state index is -0.920. The van der Waals surface area contributed by atoms with Gasteiger partial charge in [-0.3, -0.25) is 4.79 Å². The van der Waals surface area contributed by atoms with Crippen LogP contribution < -0.4 is 0 Å². The molecule has 8 nitrogen and oxygen atoms in total. The number of carbonyl (C=O) groups is 2. The third-order valence-corrected chi connectivity index (χ3v) is 5.59. The topological polar surface area (TPSA) is 101 Å². The predicted molar refractivity (Wildman–Crippen MR) is 91.9 cm³/mol. The lowest BCUT2D eigenvalue weighted by molar-refractivity contribution is -0.151. The number of hydrogen-bond acceptors (Lipinski definition) is 5. The molecule has 8 heteroatoms. The maximum atomic E-state index is 13.0. The van der Waals surface area contributed by atoms with Crippen molar-refractivity contribution in [2.24, 2.45) is 11.8 Å². The van der Waals surface area contributed by atoms with E-state index in [4.69, 9.17) is 0 Å². The molecule has 136 valence electrons. The van der Waals surface area contributed by atoms with Gasteiger partial charge in [0.2, 0.25) is 11.7 Å². The maximum absolute atomic E-state index is 13.0. The van der Waals surface area contributed by atoms with Crippen LogP contribution in [0.2, 0.25) is 0 Å². The molecule has 4 atom stereocenters. The number of carboxylic acids is 1. The van der Waals surface area contributed by atoms with Crippen LogP contribution in [-0.4, -0.2) is 54.7 Å². The first-order valence-electron chi connectivity index (χ1n) is 8.94. The second-order valence-electron chi connectivity index (χ2n) is 7.10. The van der Waals surface area contributed by atoms with E-state index < -0.39 is 18.1 Å². The zero-order valence-corrected chi connectivity index (χ0v) is 14.5. The molecule has 1 aliphatic carbocycles. The highest BCUT2D eigenvalue weighted by molar-refractivity contribution is 5.86. The molecule has 0 spiro atoms. The number of tetrazole rings is 1. The second-order valence-corrected chi connectivity index (χ2v) is 7.10. The first-order chi connectivity index (χ1) is 12.6. The van der Waals surface area contributed by atoms with Gasteiger partial charge in [-0.2, -0.15) is 4.80 Å². The fraction of sp³-hybridized carbons (Fsp3) is 0.500. The van der Waals surface area contributed by atoms with Crippen molar-refractivity contribution in [2.75, 3.05) is 6.54 Å². The van der Waals surface area contributed by atoms with Crippen LogP contribution in [0.4, 0.5) is 0 Å². The summed E-state index contributed by atoms with van der Waals surface area (Å²) in [6.45, 7) is 2.19. The lowest BCUT2D eigenvalue weighted by atomic mass is 9.94. The summed E-state index contributed by atoms with van der Waals surface area (Å²) in [6, 6.07) is 7.97. The van der Waals surface area contributed by atoms with Gasteiger partial charge in [0.15, 0.2) is 0 Å². The maximum Gasteiger partial charge on any atom is 0.326 e. The fourth-order valence-electron chi connectivity index (χ4n) is 4.28. The minimum absolute atomic E-state index is 0.0623. The molecule has 0 bridgehead atoms. The summed E-state index contributed by atoms with van der Waals surface area (Å²) in [5.41, 5.74) is 0.817. The Hall–Kier alpha value is -2.77. The van der Waals surface area contributed by atoms with Crippen LogP contribution in [-0.2, 0) is 9.59 Å². The highest BCUT2D eigenvalue weighted by atomic mass is 16.4. The summed E-state index contributed by atoms with van der Waals surface area (Å²) in [4.78, 5) is 27.5. The Balaban J connectivity index is 1.55. The molecule has 1 N–H and O–H groups in total. The Morgan fingerprint density at radius 1 is 1.23 bits per heavy atom. The molecule has 1 aliphatic heterocycles. The van der Waals surface area contributed by atoms with Crippen LogP contribution in [0.1, 0.15) is 32.2 Å². The first kappa shape index (κ1) is 16.7. The Morgan fingerprint density at radius 2 is 2.00 bits per heavy atom. The minimum Gasteiger partial charge on any atom is -0.480 e. The quantitative estimate of drug-likeness (QED) is 0.894. The summed E-state index contributed by atoms with van der Waals surface area (Å²) in [5, 5.41) is 22.0. The van der Waals surface area contributed by atoms with Gasteiger partial charge in [0.1, 0.15) is 12.1 Å². The Kier molecular flexibility index (Phi) is 4.18. The normalized spacial score (nSPS) is 25.9. The molecular formula is C18H21N5O3. The van der Waals surface area contributed by atoms with E-state index in [1.165, 1.54) is 9.70 Å². The van der Waals surface area contributed by atoms with Crippen LogP contribution in [0.5, 0.6) is 0 Å². The van der Waals surface area contributed by atoms with E-state index >= 15 is 0 Å². The number of benzene rings is 1. The van der Waals surface area contributed by atoms with E-state index in [0.717, 1.165) is 24.8 Å². The van der Waals surface area contributed by atoms with E-state index in [9.17, 15) is 14.7 Å². The molecular weight excluding hydrogens is 334 g/mol. The average Bonchev–Trinajstić information content (AvgIpc) is 3.35. The number of carbonyl (C=O) groups excluding carboxylic acids is 1. The molecule has 1 amide bonds. The van der Waals surface area contributed by atoms with Gasteiger partial charge in [-0.05, 0) is 36.8 Å². The van der Waals surface area contributed by atoms with E-state index in [2.05, 4.69) is 15.4 Å². The van der Waals surface area contributed by atoms with Crippen LogP contribution in [0.15, 0.2) is 30.3 Å². The highest BCUT2D eigenvalue weighted by Gasteiger charge is 2.50. The molecule has 2 aromatic rings. The number of hydrogen-bond donors (Lipinski definition) is 1. The Bertz CT molecular complexity index is 821. The lowest BCUT2D eigenvalue weighted by Gasteiger charge is -2.26. The number of carboxylic acid groups (broad SMARTS) is 1. The highest BCUT2D eigenvalue weighted by Crippen LogP contribution is 2.42. The number of aromatic nitrogens is 4. The summed E-state index contributed by atoms with van der Waals surface area (Å²) in [6.07, 6.45) is 2.91.